The second-order valence-electron chi connectivity index (χ2n) is 8.80. The maximum atomic E-state index is 13.4. The average molecular weight is 386 g/mol. The van der Waals surface area contributed by atoms with Crippen LogP contribution in [0.15, 0.2) is 30.3 Å². The zero-order valence-corrected chi connectivity index (χ0v) is 17.9. The second kappa shape index (κ2) is 8.64. The lowest BCUT2D eigenvalue weighted by molar-refractivity contribution is -0.136. The molecule has 3 rings (SSSR count). The Balaban J connectivity index is 1.81. The third-order valence-corrected chi connectivity index (χ3v) is 6.48. The van der Waals surface area contributed by atoms with Crippen LogP contribution in [0.1, 0.15) is 52.5 Å². The van der Waals surface area contributed by atoms with Crippen molar-refractivity contribution < 1.29 is 9.59 Å². The second-order valence-corrected chi connectivity index (χ2v) is 8.80. The molecular formula is C23H35N3O2. The molecule has 154 valence electrons. The van der Waals surface area contributed by atoms with E-state index in [1.807, 2.05) is 23.1 Å². The first-order chi connectivity index (χ1) is 13.4. The van der Waals surface area contributed by atoms with Gasteiger partial charge in [0, 0.05) is 32.2 Å². The minimum atomic E-state index is -0.648. The Bertz CT molecular complexity index is 680. The van der Waals surface area contributed by atoms with Gasteiger partial charge in [-0.25, -0.2) is 4.79 Å². The Morgan fingerprint density at radius 2 is 1.68 bits per heavy atom. The molecule has 0 radical (unpaired) electrons. The van der Waals surface area contributed by atoms with Crippen LogP contribution in [0.4, 0.5) is 4.79 Å². The minimum absolute atomic E-state index is 0.0306. The number of hydrogen-bond donors (Lipinski definition) is 0. The van der Waals surface area contributed by atoms with Crippen molar-refractivity contribution in [3.8, 4) is 0 Å². The molecule has 0 unspecified atom stereocenters. The number of urea groups is 1. The normalized spacial score (nSPS) is 21.2. The maximum Gasteiger partial charge on any atom is 0.327 e. The first kappa shape index (κ1) is 20.8. The predicted molar refractivity (Wildman–Crippen MR) is 112 cm³/mol. The number of amides is 3. The Kier molecular flexibility index (Phi) is 6.43. The summed E-state index contributed by atoms with van der Waals surface area (Å²) in [6, 6.07) is 10.7. The van der Waals surface area contributed by atoms with Gasteiger partial charge in [0.05, 0.1) is 0 Å². The van der Waals surface area contributed by atoms with Crippen molar-refractivity contribution in [3.63, 3.8) is 0 Å². The van der Waals surface area contributed by atoms with E-state index < -0.39 is 5.54 Å². The van der Waals surface area contributed by atoms with Crippen LogP contribution in [-0.4, -0.2) is 64.4 Å². The fourth-order valence-electron chi connectivity index (χ4n) is 4.58. The molecular weight excluding hydrogens is 350 g/mol. The predicted octanol–water partition coefficient (Wildman–Crippen LogP) is 3.78. The van der Waals surface area contributed by atoms with Crippen LogP contribution in [-0.2, 0) is 11.2 Å². The molecule has 1 aromatic carbocycles. The summed E-state index contributed by atoms with van der Waals surface area (Å²) in [7, 11) is 0. The fourth-order valence-corrected chi connectivity index (χ4v) is 4.58. The summed E-state index contributed by atoms with van der Waals surface area (Å²) in [4.78, 5) is 32.6. The van der Waals surface area contributed by atoms with Crippen LogP contribution in [0.5, 0.6) is 0 Å². The van der Waals surface area contributed by atoms with Gasteiger partial charge in [0.25, 0.3) is 5.91 Å². The molecule has 0 bridgehead atoms. The van der Waals surface area contributed by atoms with Gasteiger partial charge >= 0.3 is 6.03 Å². The van der Waals surface area contributed by atoms with Gasteiger partial charge in [0.15, 0.2) is 0 Å². The molecule has 2 aliphatic rings. The Labute approximate surface area is 169 Å². The molecule has 3 amide bonds. The van der Waals surface area contributed by atoms with Gasteiger partial charge in [0.2, 0.25) is 0 Å². The van der Waals surface area contributed by atoms with Crippen molar-refractivity contribution >= 4 is 11.9 Å². The molecule has 1 aromatic rings. The molecule has 28 heavy (non-hydrogen) atoms. The standard InChI is InChI=1S/C23H35N3O2/c1-5-19(4)24-15-12-23(13-16-24)21(27)25(17-18(2)3)22(28)26(23)14-11-20-9-7-6-8-10-20/h6-10,18-19H,5,11-17H2,1-4H3/t19-/m1/s1. The molecule has 5 nitrogen and oxygen atoms in total. The highest BCUT2D eigenvalue weighted by atomic mass is 16.2. The summed E-state index contributed by atoms with van der Waals surface area (Å²) < 4.78 is 0. The Morgan fingerprint density at radius 1 is 1.04 bits per heavy atom. The highest BCUT2D eigenvalue weighted by Gasteiger charge is 2.57. The minimum Gasteiger partial charge on any atom is -0.309 e. The molecule has 2 fully saturated rings. The maximum absolute atomic E-state index is 13.4. The number of imide groups is 1. The zero-order chi connectivity index (χ0) is 20.3. The molecule has 0 aliphatic carbocycles. The molecule has 2 aliphatic heterocycles. The van der Waals surface area contributed by atoms with Crippen molar-refractivity contribution in [1.82, 2.24) is 14.7 Å². The van der Waals surface area contributed by atoms with E-state index in [-0.39, 0.29) is 17.9 Å². The highest BCUT2D eigenvalue weighted by Crippen LogP contribution is 2.38. The van der Waals surface area contributed by atoms with E-state index in [0.717, 1.165) is 38.8 Å². The molecule has 5 heteroatoms. The van der Waals surface area contributed by atoms with Crippen LogP contribution in [0, 0.1) is 5.92 Å². The van der Waals surface area contributed by atoms with E-state index in [2.05, 4.69) is 44.7 Å². The van der Waals surface area contributed by atoms with Crippen molar-refractivity contribution in [2.45, 2.75) is 65.0 Å². The molecule has 2 heterocycles. The molecule has 2 saturated heterocycles. The third-order valence-electron chi connectivity index (χ3n) is 6.48. The van der Waals surface area contributed by atoms with Crippen LogP contribution in [0.25, 0.3) is 0 Å². The molecule has 1 spiro atoms. The lowest BCUT2D eigenvalue weighted by Crippen LogP contribution is -2.58. The highest BCUT2D eigenvalue weighted by molar-refractivity contribution is 6.07. The van der Waals surface area contributed by atoms with Gasteiger partial charge in [-0.2, -0.15) is 0 Å². The van der Waals surface area contributed by atoms with Gasteiger partial charge in [-0.15, -0.1) is 0 Å². The van der Waals surface area contributed by atoms with E-state index in [0.29, 0.717) is 19.1 Å². The number of carbonyl (C=O) groups is 2. The summed E-state index contributed by atoms with van der Waals surface area (Å²) >= 11 is 0. The summed E-state index contributed by atoms with van der Waals surface area (Å²) in [6.07, 6.45) is 3.37. The molecule has 0 N–H and O–H groups in total. The summed E-state index contributed by atoms with van der Waals surface area (Å²) in [5.41, 5.74) is 0.558. The molecule has 0 saturated carbocycles. The van der Waals surface area contributed by atoms with Crippen molar-refractivity contribution in [3.05, 3.63) is 35.9 Å². The zero-order valence-electron chi connectivity index (χ0n) is 17.9. The first-order valence-corrected chi connectivity index (χ1v) is 10.8. The monoisotopic (exact) mass is 385 g/mol. The third kappa shape index (κ3) is 3.95. The topological polar surface area (TPSA) is 43.9 Å². The van der Waals surface area contributed by atoms with Crippen molar-refractivity contribution in [1.29, 1.82) is 0 Å². The summed E-state index contributed by atoms with van der Waals surface area (Å²) in [6.45, 7) is 11.4. The number of rotatable bonds is 7. The fraction of sp³-hybridized carbons (Fsp3) is 0.652. The number of likely N-dealkylation sites (tertiary alicyclic amines) is 1. The van der Waals surface area contributed by atoms with Crippen LogP contribution in [0.3, 0.4) is 0 Å². The van der Waals surface area contributed by atoms with Gasteiger partial charge in [-0.3, -0.25) is 9.69 Å². The number of piperidine rings is 1. The summed E-state index contributed by atoms with van der Waals surface area (Å²) in [5.74, 6) is 0.308. The number of hydrogen-bond acceptors (Lipinski definition) is 3. The Morgan fingerprint density at radius 3 is 2.25 bits per heavy atom. The van der Waals surface area contributed by atoms with E-state index >= 15 is 0 Å². The van der Waals surface area contributed by atoms with Crippen molar-refractivity contribution in [2.75, 3.05) is 26.2 Å². The van der Waals surface area contributed by atoms with Gasteiger partial charge in [-0.05, 0) is 44.1 Å². The lowest BCUT2D eigenvalue weighted by Gasteiger charge is -2.44. The van der Waals surface area contributed by atoms with Crippen LogP contribution < -0.4 is 0 Å². The number of nitrogens with zero attached hydrogens (tertiary/aromatic N) is 3. The SMILES string of the molecule is CC[C@@H](C)N1CCC2(CC1)C(=O)N(CC(C)C)C(=O)N2CCc1ccccc1. The van der Waals surface area contributed by atoms with Crippen molar-refractivity contribution in [2.24, 2.45) is 5.92 Å². The van der Waals surface area contributed by atoms with Gasteiger partial charge in [0.1, 0.15) is 5.54 Å². The molecule has 1 atom stereocenters. The van der Waals surface area contributed by atoms with Crippen LogP contribution >= 0.6 is 0 Å². The number of benzene rings is 1. The van der Waals surface area contributed by atoms with E-state index in [1.54, 1.807) is 0 Å². The van der Waals surface area contributed by atoms with Gasteiger partial charge in [-0.1, -0.05) is 51.1 Å². The quantitative estimate of drug-likeness (QED) is 0.671. The summed E-state index contributed by atoms with van der Waals surface area (Å²) in [5, 5.41) is 0. The van der Waals surface area contributed by atoms with E-state index in [4.69, 9.17) is 0 Å². The molecule has 0 aromatic heterocycles. The van der Waals surface area contributed by atoms with E-state index in [9.17, 15) is 9.59 Å². The smallest absolute Gasteiger partial charge is 0.309 e. The average Bonchev–Trinajstić information content (AvgIpc) is 2.88. The van der Waals surface area contributed by atoms with E-state index in [1.165, 1.54) is 10.5 Å². The number of carbonyl (C=O) groups excluding carboxylic acids is 2. The first-order valence-electron chi connectivity index (χ1n) is 10.8. The van der Waals surface area contributed by atoms with Gasteiger partial charge < -0.3 is 9.80 Å². The Hall–Kier alpha value is -1.88. The lowest BCUT2D eigenvalue weighted by atomic mass is 9.85. The van der Waals surface area contributed by atoms with Crippen LogP contribution in [0.2, 0.25) is 0 Å². The largest absolute Gasteiger partial charge is 0.327 e.